The van der Waals surface area contributed by atoms with Gasteiger partial charge in [0.25, 0.3) is 0 Å². The number of nitrogens with zero attached hydrogens (tertiary/aromatic N) is 1. The van der Waals surface area contributed by atoms with Gasteiger partial charge in [0, 0.05) is 13.0 Å². The van der Waals surface area contributed by atoms with Gasteiger partial charge in [0.05, 0.1) is 12.2 Å². The summed E-state index contributed by atoms with van der Waals surface area (Å²) in [5, 5.41) is 8.98. The third-order valence-corrected chi connectivity index (χ3v) is 5.61. The minimum atomic E-state index is -0.569. The molecule has 2 aliphatic heterocycles. The molecule has 2 saturated heterocycles. The van der Waals surface area contributed by atoms with Crippen LogP contribution in [0.15, 0.2) is 0 Å². The Morgan fingerprint density at radius 3 is 2.33 bits per heavy atom. The zero-order valence-electron chi connectivity index (χ0n) is 18.6. The van der Waals surface area contributed by atoms with E-state index in [0.29, 0.717) is 38.6 Å². The maximum absolute atomic E-state index is 13.3. The summed E-state index contributed by atoms with van der Waals surface area (Å²) in [5.74, 6) is -0.476. The first kappa shape index (κ1) is 24.1. The number of nitrogens with two attached hydrogens (primary N) is 1. The molecule has 9 heteroatoms. The van der Waals surface area contributed by atoms with Crippen LogP contribution in [0.25, 0.3) is 0 Å². The molecule has 5 N–H and O–H groups in total. The molecule has 4 amide bonds. The van der Waals surface area contributed by atoms with Crippen LogP contribution in [0, 0.1) is 11.8 Å². The van der Waals surface area contributed by atoms with Crippen LogP contribution in [-0.4, -0.2) is 59.4 Å². The standard InChI is InChI=1S/C21H37N5O4/c1-12(2)10-15(21(30)26-9-5-6-16(26)19(22)28)23-17(11-13(3)4)25-20(29)14-7-8-18(27)24-14/h12-17,23H,5-11H2,1-4H3,(H2,22,28)(H,24,27)(H,25,29). The predicted octanol–water partition coefficient (Wildman–Crippen LogP) is 0.234. The fourth-order valence-electron chi connectivity index (χ4n) is 4.20. The molecule has 0 aliphatic carbocycles. The molecule has 2 fully saturated rings. The van der Waals surface area contributed by atoms with Gasteiger partial charge in [-0.2, -0.15) is 0 Å². The monoisotopic (exact) mass is 423 g/mol. The number of hydrogen-bond donors (Lipinski definition) is 4. The Bertz CT molecular complexity index is 651. The van der Waals surface area contributed by atoms with Gasteiger partial charge >= 0.3 is 0 Å². The predicted molar refractivity (Wildman–Crippen MR) is 113 cm³/mol. The van der Waals surface area contributed by atoms with E-state index in [1.54, 1.807) is 4.90 Å². The van der Waals surface area contributed by atoms with Gasteiger partial charge < -0.3 is 21.3 Å². The van der Waals surface area contributed by atoms with Crippen molar-refractivity contribution < 1.29 is 19.2 Å². The Labute approximate surface area is 178 Å². The van der Waals surface area contributed by atoms with Crippen LogP contribution in [-0.2, 0) is 19.2 Å². The Kier molecular flexibility index (Phi) is 8.64. The summed E-state index contributed by atoms with van der Waals surface area (Å²) in [6, 6.07) is -1.64. The minimum Gasteiger partial charge on any atom is -0.368 e. The second-order valence-electron chi connectivity index (χ2n) is 9.29. The molecule has 2 rings (SSSR count). The van der Waals surface area contributed by atoms with E-state index in [1.165, 1.54) is 0 Å². The quantitative estimate of drug-likeness (QED) is 0.373. The Morgan fingerprint density at radius 2 is 1.80 bits per heavy atom. The smallest absolute Gasteiger partial charge is 0.243 e. The molecule has 170 valence electrons. The lowest BCUT2D eigenvalue weighted by atomic mass is 10.00. The second-order valence-corrected chi connectivity index (χ2v) is 9.29. The molecule has 4 unspecified atom stereocenters. The number of carbonyl (C=O) groups is 4. The largest absolute Gasteiger partial charge is 0.368 e. The van der Waals surface area contributed by atoms with Crippen LogP contribution in [0.5, 0.6) is 0 Å². The zero-order chi connectivity index (χ0) is 22.4. The first-order chi connectivity index (χ1) is 14.1. The second kappa shape index (κ2) is 10.7. The highest BCUT2D eigenvalue weighted by Gasteiger charge is 2.37. The lowest BCUT2D eigenvalue weighted by molar-refractivity contribution is -0.139. The number of primary amides is 1. The fraction of sp³-hybridized carbons (Fsp3) is 0.810. The highest BCUT2D eigenvalue weighted by atomic mass is 16.2. The lowest BCUT2D eigenvalue weighted by Gasteiger charge is -2.32. The van der Waals surface area contributed by atoms with Gasteiger partial charge in [0.1, 0.15) is 12.1 Å². The van der Waals surface area contributed by atoms with Crippen molar-refractivity contribution in [2.75, 3.05) is 6.54 Å². The minimum absolute atomic E-state index is 0.122. The molecule has 2 heterocycles. The molecule has 0 spiro atoms. The van der Waals surface area contributed by atoms with Crippen LogP contribution >= 0.6 is 0 Å². The summed E-state index contributed by atoms with van der Waals surface area (Å²) in [6.45, 7) is 8.66. The number of rotatable bonds is 10. The summed E-state index contributed by atoms with van der Waals surface area (Å²) in [4.78, 5) is 50.7. The average Bonchev–Trinajstić information content (AvgIpc) is 3.28. The third-order valence-electron chi connectivity index (χ3n) is 5.61. The Morgan fingerprint density at radius 1 is 1.13 bits per heavy atom. The van der Waals surface area contributed by atoms with Crippen molar-refractivity contribution in [1.29, 1.82) is 0 Å². The summed E-state index contributed by atoms with van der Waals surface area (Å²) >= 11 is 0. The first-order valence-corrected chi connectivity index (χ1v) is 11.0. The van der Waals surface area contributed by atoms with E-state index in [0.717, 1.165) is 6.42 Å². The van der Waals surface area contributed by atoms with Gasteiger partial charge in [-0.05, 0) is 43.9 Å². The molecule has 0 aromatic rings. The molecule has 0 bridgehead atoms. The van der Waals surface area contributed by atoms with E-state index in [2.05, 4.69) is 16.0 Å². The van der Waals surface area contributed by atoms with E-state index >= 15 is 0 Å². The molecule has 2 aliphatic rings. The number of nitrogens with one attached hydrogen (secondary N) is 3. The van der Waals surface area contributed by atoms with Gasteiger partial charge in [0.15, 0.2) is 0 Å². The third kappa shape index (κ3) is 6.68. The molecule has 0 aromatic carbocycles. The van der Waals surface area contributed by atoms with E-state index in [1.807, 2.05) is 27.7 Å². The number of carbonyl (C=O) groups excluding carboxylic acids is 4. The zero-order valence-corrected chi connectivity index (χ0v) is 18.6. The average molecular weight is 424 g/mol. The van der Waals surface area contributed by atoms with Crippen LogP contribution < -0.4 is 21.7 Å². The topological polar surface area (TPSA) is 134 Å². The van der Waals surface area contributed by atoms with E-state index < -0.39 is 30.2 Å². The van der Waals surface area contributed by atoms with Crippen molar-refractivity contribution in [3.05, 3.63) is 0 Å². The molecule has 0 radical (unpaired) electrons. The normalized spacial score (nSPS) is 23.5. The summed E-state index contributed by atoms with van der Waals surface area (Å²) in [6.07, 6.45) is 2.94. The molecular formula is C21H37N5O4. The van der Waals surface area contributed by atoms with Crippen LogP contribution in [0.4, 0.5) is 0 Å². The highest BCUT2D eigenvalue weighted by Crippen LogP contribution is 2.20. The van der Waals surface area contributed by atoms with Crippen molar-refractivity contribution in [1.82, 2.24) is 20.9 Å². The number of amides is 4. The van der Waals surface area contributed by atoms with Gasteiger partial charge in [-0.3, -0.25) is 24.5 Å². The van der Waals surface area contributed by atoms with Crippen LogP contribution in [0.2, 0.25) is 0 Å². The van der Waals surface area contributed by atoms with Crippen molar-refractivity contribution in [3.8, 4) is 0 Å². The number of hydrogen-bond acceptors (Lipinski definition) is 5. The summed E-state index contributed by atoms with van der Waals surface area (Å²) < 4.78 is 0. The molecule has 30 heavy (non-hydrogen) atoms. The maximum Gasteiger partial charge on any atom is 0.243 e. The highest BCUT2D eigenvalue weighted by molar-refractivity contribution is 5.91. The molecule has 4 atom stereocenters. The summed E-state index contributed by atoms with van der Waals surface area (Å²) in [5.41, 5.74) is 5.50. The Hall–Kier alpha value is -2.16. The van der Waals surface area contributed by atoms with Gasteiger partial charge in [-0.1, -0.05) is 27.7 Å². The van der Waals surface area contributed by atoms with Crippen LogP contribution in [0.1, 0.15) is 66.2 Å². The van der Waals surface area contributed by atoms with Crippen LogP contribution in [0.3, 0.4) is 0 Å². The van der Waals surface area contributed by atoms with E-state index in [-0.39, 0.29) is 29.6 Å². The van der Waals surface area contributed by atoms with Crippen molar-refractivity contribution in [2.24, 2.45) is 17.6 Å². The fourth-order valence-corrected chi connectivity index (χ4v) is 4.20. The molecule has 0 saturated carbocycles. The van der Waals surface area contributed by atoms with Crippen molar-refractivity contribution >= 4 is 23.6 Å². The first-order valence-electron chi connectivity index (χ1n) is 11.0. The maximum atomic E-state index is 13.3. The molecule has 0 aromatic heterocycles. The van der Waals surface area contributed by atoms with Gasteiger partial charge in [-0.15, -0.1) is 0 Å². The van der Waals surface area contributed by atoms with E-state index in [9.17, 15) is 19.2 Å². The van der Waals surface area contributed by atoms with Gasteiger partial charge in [-0.25, -0.2) is 0 Å². The Balaban J connectivity index is 2.12. The lowest BCUT2D eigenvalue weighted by Crippen LogP contribution is -2.59. The summed E-state index contributed by atoms with van der Waals surface area (Å²) in [7, 11) is 0. The van der Waals surface area contributed by atoms with Crippen molar-refractivity contribution in [3.63, 3.8) is 0 Å². The van der Waals surface area contributed by atoms with Crippen molar-refractivity contribution in [2.45, 2.75) is 90.5 Å². The number of likely N-dealkylation sites (tertiary alicyclic amines) is 1. The molecular weight excluding hydrogens is 386 g/mol. The van der Waals surface area contributed by atoms with Gasteiger partial charge in [0.2, 0.25) is 23.6 Å². The SMILES string of the molecule is CC(C)CC(NC(=O)C1CCC(=O)N1)NC(CC(C)C)C(=O)N1CCCC1C(N)=O. The van der Waals surface area contributed by atoms with E-state index in [4.69, 9.17) is 5.73 Å². The molecule has 9 nitrogen and oxygen atoms in total.